The summed E-state index contributed by atoms with van der Waals surface area (Å²) in [6.45, 7) is 1.94. The van der Waals surface area contributed by atoms with Gasteiger partial charge in [0.2, 0.25) is 0 Å². The molecule has 1 aromatic heterocycles. The minimum atomic E-state index is -0.390. The predicted molar refractivity (Wildman–Crippen MR) is 100 cm³/mol. The summed E-state index contributed by atoms with van der Waals surface area (Å²) in [5.74, 6) is 0.783. The van der Waals surface area contributed by atoms with E-state index in [-0.39, 0.29) is 5.91 Å². The number of nitrogens with one attached hydrogen (secondary N) is 1. The van der Waals surface area contributed by atoms with Crippen LogP contribution in [0.25, 0.3) is 11.3 Å². The molecule has 0 radical (unpaired) electrons. The van der Waals surface area contributed by atoms with E-state index in [0.29, 0.717) is 27.1 Å². The van der Waals surface area contributed by atoms with Crippen molar-refractivity contribution in [2.24, 2.45) is 5.10 Å². The van der Waals surface area contributed by atoms with Crippen LogP contribution in [0.15, 0.2) is 64.1 Å². The van der Waals surface area contributed by atoms with Gasteiger partial charge < -0.3 is 4.42 Å². The van der Waals surface area contributed by atoms with E-state index >= 15 is 0 Å². The summed E-state index contributed by atoms with van der Waals surface area (Å²) in [6, 6.07) is 16.0. The Labute approximate surface area is 155 Å². The first-order valence-corrected chi connectivity index (χ1v) is 8.24. The molecule has 0 atom stereocenters. The van der Waals surface area contributed by atoms with Crippen LogP contribution in [0.5, 0.6) is 0 Å². The van der Waals surface area contributed by atoms with Gasteiger partial charge in [0.1, 0.15) is 11.5 Å². The molecule has 0 unspecified atom stereocenters. The van der Waals surface area contributed by atoms with Crippen molar-refractivity contribution in [1.82, 2.24) is 5.43 Å². The van der Waals surface area contributed by atoms with E-state index in [1.54, 1.807) is 30.3 Å². The normalized spacial score (nSPS) is 11.0. The molecule has 1 N–H and O–H groups in total. The van der Waals surface area contributed by atoms with E-state index in [2.05, 4.69) is 10.5 Å². The second-order valence-corrected chi connectivity index (χ2v) is 6.16. The third-order valence-electron chi connectivity index (χ3n) is 3.56. The number of hydrazone groups is 1. The molecule has 3 rings (SSSR count). The van der Waals surface area contributed by atoms with Gasteiger partial charge in [-0.25, -0.2) is 5.43 Å². The molecule has 0 saturated carbocycles. The Morgan fingerprint density at radius 3 is 2.64 bits per heavy atom. The molecule has 0 bridgehead atoms. The lowest BCUT2D eigenvalue weighted by Gasteiger charge is -2.01. The average molecular weight is 373 g/mol. The smallest absolute Gasteiger partial charge is 0.272 e. The largest absolute Gasteiger partial charge is 0.455 e. The first kappa shape index (κ1) is 17.3. The number of amides is 1. The molecule has 6 heteroatoms. The molecule has 0 aliphatic rings. The Kier molecular flexibility index (Phi) is 5.22. The second kappa shape index (κ2) is 7.55. The summed E-state index contributed by atoms with van der Waals surface area (Å²) >= 11 is 12.1. The van der Waals surface area contributed by atoms with Crippen molar-refractivity contribution in [3.63, 3.8) is 0 Å². The maximum atomic E-state index is 12.0. The molecule has 0 spiro atoms. The van der Waals surface area contributed by atoms with Crippen molar-refractivity contribution in [3.8, 4) is 11.3 Å². The van der Waals surface area contributed by atoms with Gasteiger partial charge in [0.25, 0.3) is 5.91 Å². The summed E-state index contributed by atoms with van der Waals surface area (Å²) in [6.07, 6.45) is 1.42. The maximum Gasteiger partial charge on any atom is 0.272 e. The van der Waals surface area contributed by atoms with Crippen molar-refractivity contribution < 1.29 is 9.21 Å². The van der Waals surface area contributed by atoms with Gasteiger partial charge in [0.15, 0.2) is 0 Å². The van der Waals surface area contributed by atoms with Gasteiger partial charge in [-0.1, -0.05) is 47.5 Å². The van der Waals surface area contributed by atoms with Crippen molar-refractivity contribution >= 4 is 35.3 Å². The summed E-state index contributed by atoms with van der Waals surface area (Å²) in [5.41, 5.74) is 4.65. The lowest BCUT2D eigenvalue weighted by atomic mass is 10.1. The zero-order valence-corrected chi connectivity index (χ0v) is 14.8. The van der Waals surface area contributed by atoms with Crippen molar-refractivity contribution in [1.29, 1.82) is 0 Å². The van der Waals surface area contributed by atoms with Gasteiger partial charge in [-0.15, -0.1) is 0 Å². The zero-order valence-electron chi connectivity index (χ0n) is 13.3. The van der Waals surface area contributed by atoms with Gasteiger partial charge in [0.05, 0.1) is 16.8 Å². The highest BCUT2D eigenvalue weighted by molar-refractivity contribution is 6.33. The zero-order chi connectivity index (χ0) is 17.8. The highest BCUT2D eigenvalue weighted by Crippen LogP contribution is 2.26. The highest BCUT2D eigenvalue weighted by Gasteiger charge is 2.08. The monoisotopic (exact) mass is 372 g/mol. The van der Waals surface area contributed by atoms with Crippen LogP contribution in [0.4, 0.5) is 0 Å². The Balaban J connectivity index is 1.69. The molecule has 0 saturated heterocycles. The van der Waals surface area contributed by atoms with E-state index < -0.39 is 0 Å². The van der Waals surface area contributed by atoms with Crippen LogP contribution in [0, 0.1) is 6.92 Å². The van der Waals surface area contributed by atoms with Crippen LogP contribution in [0.2, 0.25) is 10.0 Å². The lowest BCUT2D eigenvalue weighted by molar-refractivity contribution is 0.0955. The molecular formula is C19H14Cl2N2O2. The quantitative estimate of drug-likeness (QED) is 0.497. The van der Waals surface area contributed by atoms with Crippen LogP contribution < -0.4 is 5.43 Å². The topological polar surface area (TPSA) is 54.6 Å². The summed E-state index contributed by atoms with van der Waals surface area (Å²) in [5, 5.41) is 4.94. The maximum absolute atomic E-state index is 12.0. The fourth-order valence-electron chi connectivity index (χ4n) is 2.18. The number of benzene rings is 2. The van der Waals surface area contributed by atoms with Gasteiger partial charge >= 0.3 is 0 Å². The Morgan fingerprint density at radius 2 is 1.88 bits per heavy atom. The minimum Gasteiger partial charge on any atom is -0.455 e. The van der Waals surface area contributed by atoms with Crippen LogP contribution >= 0.6 is 23.2 Å². The molecule has 3 aromatic rings. The Morgan fingerprint density at radius 1 is 1.08 bits per heavy atom. The average Bonchev–Trinajstić information content (AvgIpc) is 3.06. The summed E-state index contributed by atoms with van der Waals surface area (Å²) < 4.78 is 5.69. The standard InChI is InChI=1S/C19H14Cl2N2O2/c1-12-6-7-13(10-17(12)21)18-9-8-14(25-18)11-22-23-19(24)15-4-2-3-5-16(15)20/h2-11H,1H3,(H,23,24)/b22-11-. The van der Waals surface area contributed by atoms with E-state index in [4.69, 9.17) is 27.6 Å². The van der Waals surface area contributed by atoms with E-state index in [1.807, 2.05) is 31.2 Å². The van der Waals surface area contributed by atoms with Gasteiger partial charge in [-0.05, 0) is 42.8 Å². The minimum absolute atomic E-state index is 0.357. The number of nitrogens with zero attached hydrogens (tertiary/aromatic N) is 1. The number of hydrogen-bond donors (Lipinski definition) is 1. The van der Waals surface area contributed by atoms with Gasteiger partial charge in [0, 0.05) is 10.6 Å². The van der Waals surface area contributed by atoms with Gasteiger partial charge in [-0.3, -0.25) is 4.79 Å². The van der Waals surface area contributed by atoms with Gasteiger partial charge in [-0.2, -0.15) is 5.10 Å². The SMILES string of the molecule is Cc1ccc(-c2ccc(/C=N\NC(=O)c3ccccc3Cl)o2)cc1Cl. The predicted octanol–water partition coefficient (Wildman–Crippen LogP) is 5.33. The number of carbonyl (C=O) groups is 1. The molecule has 1 amide bonds. The molecule has 1 heterocycles. The van der Waals surface area contributed by atoms with Crippen LogP contribution in [0.3, 0.4) is 0 Å². The first-order chi connectivity index (χ1) is 12.0. The molecule has 0 aliphatic carbocycles. The lowest BCUT2D eigenvalue weighted by Crippen LogP contribution is -2.17. The first-order valence-electron chi connectivity index (χ1n) is 7.49. The Hall–Kier alpha value is -2.56. The number of furan rings is 1. The molecular weight excluding hydrogens is 359 g/mol. The molecule has 4 nitrogen and oxygen atoms in total. The molecule has 126 valence electrons. The fourth-order valence-corrected chi connectivity index (χ4v) is 2.59. The Bertz CT molecular complexity index is 948. The van der Waals surface area contributed by atoms with E-state index in [0.717, 1.165) is 11.1 Å². The van der Waals surface area contributed by atoms with Crippen molar-refractivity contribution in [2.45, 2.75) is 6.92 Å². The van der Waals surface area contributed by atoms with E-state index in [1.165, 1.54) is 6.21 Å². The molecule has 2 aromatic carbocycles. The highest BCUT2D eigenvalue weighted by atomic mass is 35.5. The van der Waals surface area contributed by atoms with Crippen molar-refractivity contribution in [3.05, 3.63) is 81.5 Å². The molecule has 25 heavy (non-hydrogen) atoms. The second-order valence-electron chi connectivity index (χ2n) is 5.34. The number of hydrogen-bond acceptors (Lipinski definition) is 3. The number of halogens is 2. The van der Waals surface area contributed by atoms with Crippen LogP contribution in [-0.2, 0) is 0 Å². The summed E-state index contributed by atoms with van der Waals surface area (Å²) in [4.78, 5) is 12.0. The fraction of sp³-hybridized carbons (Fsp3) is 0.0526. The van der Waals surface area contributed by atoms with E-state index in [9.17, 15) is 4.79 Å². The number of rotatable bonds is 4. The van der Waals surface area contributed by atoms with Crippen LogP contribution in [-0.4, -0.2) is 12.1 Å². The summed E-state index contributed by atoms with van der Waals surface area (Å²) in [7, 11) is 0. The molecule has 0 fully saturated rings. The third-order valence-corrected chi connectivity index (χ3v) is 4.30. The number of carbonyl (C=O) groups excluding carboxylic acids is 1. The van der Waals surface area contributed by atoms with Crippen molar-refractivity contribution in [2.75, 3.05) is 0 Å². The third kappa shape index (κ3) is 4.10. The number of aryl methyl sites for hydroxylation is 1. The van der Waals surface area contributed by atoms with Crippen LogP contribution in [0.1, 0.15) is 21.7 Å². The molecule has 0 aliphatic heterocycles.